The number of nitrogen functional groups attached to an aromatic ring is 1. The molecule has 1 aliphatic rings. The molecular weight excluding hydrogens is 278 g/mol. The van der Waals surface area contributed by atoms with Crippen molar-refractivity contribution in [1.82, 2.24) is 4.90 Å². The highest BCUT2D eigenvalue weighted by atomic mass is 16.6. The van der Waals surface area contributed by atoms with Gasteiger partial charge < -0.3 is 20.3 Å². The van der Waals surface area contributed by atoms with E-state index < -0.39 is 5.60 Å². The van der Waals surface area contributed by atoms with Crippen molar-refractivity contribution in [2.24, 2.45) is 0 Å². The first-order valence-corrected chi connectivity index (χ1v) is 7.78. The van der Waals surface area contributed by atoms with Gasteiger partial charge in [-0.05, 0) is 46.2 Å². The Kier molecular flexibility index (Phi) is 4.54. The van der Waals surface area contributed by atoms with Crippen molar-refractivity contribution in [3.8, 4) is 0 Å². The molecule has 5 heteroatoms. The fourth-order valence-electron chi connectivity index (χ4n) is 2.71. The molecule has 1 heterocycles. The minimum Gasteiger partial charge on any atom is -0.444 e. The molecule has 0 aliphatic carbocycles. The Morgan fingerprint density at radius 3 is 2.59 bits per heavy atom. The van der Waals surface area contributed by atoms with Gasteiger partial charge >= 0.3 is 6.09 Å². The zero-order valence-corrected chi connectivity index (χ0v) is 14.2. The van der Waals surface area contributed by atoms with Gasteiger partial charge in [0.1, 0.15) is 5.60 Å². The first-order chi connectivity index (χ1) is 10.2. The fraction of sp³-hybridized carbons (Fsp3) is 0.588. The van der Waals surface area contributed by atoms with Gasteiger partial charge in [-0.1, -0.05) is 12.1 Å². The van der Waals surface area contributed by atoms with Crippen LogP contribution in [-0.4, -0.2) is 42.3 Å². The first kappa shape index (κ1) is 16.5. The second-order valence-electron chi connectivity index (χ2n) is 6.98. The lowest BCUT2D eigenvalue weighted by Crippen LogP contribution is -2.55. The number of anilines is 2. The summed E-state index contributed by atoms with van der Waals surface area (Å²) in [4.78, 5) is 16.3. The molecule has 1 unspecified atom stereocenters. The van der Waals surface area contributed by atoms with Crippen LogP contribution in [0.2, 0.25) is 0 Å². The Balaban J connectivity index is 2.07. The lowest BCUT2D eigenvalue weighted by molar-refractivity contribution is 0.0159. The number of piperazine rings is 1. The maximum Gasteiger partial charge on any atom is 0.410 e. The fourth-order valence-corrected chi connectivity index (χ4v) is 2.71. The lowest BCUT2D eigenvalue weighted by Gasteiger charge is -2.41. The number of carbonyl (C=O) groups is 1. The quantitative estimate of drug-likeness (QED) is 0.810. The van der Waals surface area contributed by atoms with Gasteiger partial charge in [-0.15, -0.1) is 0 Å². The van der Waals surface area contributed by atoms with Crippen LogP contribution in [0, 0.1) is 6.92 Å². The third-order valence-electron chi connectivity index (χ3n) is 3.90. The summed E-state index contributed by atoms with van der Waals surface area (Å²) in [5.74, 6) is 0. The van der Waals surface area contributed by atoms with E-state index in [1.165, 1.54) is 0 Å². The van der Waals surface area contributed by atoms with Crippen LogP contribution in [0.5, 0.6) is 0 Å². The number of rotatable bonds is 1. The van der Waals surface area contributed by atoms with Crippen LogP contribution in [0.25, 0.3) is 0 Å². The van der Waals surface area contributed by atoms with E-state index in [9.17, 15) is 4.79 Å². The normalized spacial score (nSPS) is 19.2. The number of para-hydroxylation sites is 1. The van der Waals surface area contributed by atoms with E-state index >= 15 is 0 Å². The molecule has 1 amide bonds. The predicted octanol–water partition coefficient (Wildman–Crippen LogP) is 3.02. The molecule has 1 fully saturated rings. The summed E-state index contributed by atoms with van der Waals surface area (Å²) in [6.45, 7) is 11.9. The Labute approximate surface area is 133 Å². The summed E-state index contributed by atoms with van der Waals surface area (Å²) in [6, 6.07) is 6.16. The van der Waals surface area contributed by atoms with Crippen LogP contribution in [0.4, 0.5) is 16.2 Å². The van der Waals surface area contributed by atoms with Crippen LogP contribution >= 0.6 is 0 Å². The third kappa shape index (κ3) is 3.64. The van der Waals surface area contributed by atoms with Gasteiger partial charge in [-0.2, -0.15) is 0 Å². The van der Waals surface area contributed by atoms with E-state index in [4.69, 9.17) is 10.5 Å². The maximum atomic E-state index is 12.2. The molecule has 5 nitrogen and oxygen atoms in total. The maximum absolute atomic E-state index is 12.2. The second kappa shape index (κ2) is 6.07. The molecule has 1 saturated heterocycles. The first-order valence-electron chi connectivity index (χ1n) is 7.78. The monoisotopic (exact) mass is 305 g/mol. The van der Waals surface area contributed by atoms with Crippen molar-refractivity contribution in [1.29, 1.82) is 0 Å². The molecule has 0 bridgehead atoms. The molecule has 122 valence electrons. The van der Waals surface area contributed by atoms with Gasteiger partial charge in [-0.25, -0.2) is 4.79 Å². The predicted molar refractivity (Wildman–Crippen MR) is 90.2 cm³/mol. The zero-order valence-electron chi connectivity index (χ0n) is 14.2. The Morgan fingerprint density at radius 1 is 1.32 bits per heavy atom. The van der Waals surface area contributed by atoms with Gasteiger partial charge in [0, 0.05) is 25.7 Å². The van der Waals surface area contributed by atoms with Crippen LogP contribution in [0.3, 0.4) is 0 Å². The Hall–Kier alpha value is -1.91. The molecule has 0 spiro atoms. The standard InChI is InChI=1S/C17H27N3O2/c1-12-7-6-8-14(15(12)18)19-9-10-20(13(2)11-19)16(21)22-17(3,4)5/h6-8,13H,9-11,18H2,1-5H3. The number of nitrogens with two attached hydrogens (primary N) is 1. The summed E-state index contributed by atoms with van der Waals surface area (Å²) in [5, 5.41) is 0. The average molecular weight is 305 g/mol. The van der Waals surface area contributed by atoms with Crippen LogP contribution in [0.1, 0.15) is 33.3 Å². The highest BCUT2D eigenvalue weighted by molar-refractivity contribution is 5.72. The molecule has 0 aromatic heterocycles. The zero-order chi connectivity index (χ0) is 16.5. The largest absolute Gasteiger partial charge is 0.444 e. The van der Waals surface area contributed by atoms with Gasteiger partial charge in [-0.3, -0.25) is 0 Å². The van der Waals surface area contributed by atoms with Crippen LogP contribution in [0.15, 0.2) is 18.2 Å². The number of hydrogen-bond donors (Lipinski definition) is 1. The van der Waals surface area contributed by atoms with Crippen LogP contribution in [-0.2, 0) is 4.74 Å². The Morgan fingerprint density at radius 2 is 2.00 bits per heavy atom. The Bertz CT molecular complexity index is 551. The van der Waals surface area contributed by atoms with Gasteiger partial charge in [0.25, 0.3) is 0 Å². The minimum absolute atomic E-state index is 0.0866. The molecule has 0 radical (unpaired) electrons. The molecule has 2 N–H and O–H groups in total. The summed E-state index contributed by atoms with van der Waals surface area (Å²) >= 11 is 0. The number of ether oxygens (including phenoxy) is 1. The number of carbonyl (C=O) groups excluding carboxylic acids is 1. The van der Waals surface area contributed by atoms with Crippen molar-refractivity contribution in [3.05, 3.63) is 23.8 Å². The summed E-state index contributed by atoms with van der Waals surface area (Å²) in [5.41, 5.74) is 8.68. The van der Waals surface area contributed by atoms with Crippen LogP contribution < -0.4 is 10.6 Å². The average Bonchev–Trinajstić information content (AvgIpc) is 2.39. The smallest absolute Gasteiger partial charge is 0.410 e. The molecule has 1 aromatic carbocycles. The highest BCUT2D eigenvalue weighted by Gasteiger charge is 2.31. The number of hydrogen-bond acceptors (Lipinski definition) is 4. The van der Waals surface area contributed by atoms with E-state index in [2.05, 4.69) is 4.90 Å². The highest BCUT2D eigenvalue weighted by Crippen LogP contribution is 2.28. The molecule has 2 rings (SSSR count). The molecule has 0 saturated carbocycles. The molecule has 1 aromatic rings. The number of nitrogens with zero attached hydrogens (tertiary/aromatic N) is 2. The number of aryl methyl sites for hydroxylation is 1. The number of amides is 1. The van der Waals surface area contributed by atoms with E-state index in [1.54, 1.807) is 4.90 Å². The van der Waals surface area contributed by atoms with Crippen molar-refractivity contribution < 1.29 is 9.53 Å². The van der Waals surface area contributed by atoms with E-state index in [1.807, 2.05) is 52.8 Å². The third-order valence-corrected chi connectivity index (χ3v) is 3.90. The van der Waals surface area contributed by atoms with Gasteiger partial charge in [0.05, 0.1) is 11.4 Å². The molecule has 1 aliphatic heterocycles. The van der Waals surface area contributed by atoms with E-state index in [0.717, 1.165) is 30.0 Å². The van der Waals surface area contributed by atoms with Crippen molar-refractivity contribution in [2.45, 2.75) is 46.3 Å². The summed E-state index contributed by atoms with van der Waals surface area (Å²) in [6.07, 6.45) is -0.239. The summed E-state index contributed by atoms with van der Waals surface area (Å²) < 4.78 is 5.48. The SMILES string of the molecule is Cc1cccc(N2CCN(C(=O)OC(C)(C)C)C(C)C2)c1N. The molecule has 22 heavy (non-hydrogen) atoms. The van der Waals surface area contributed by atoms with E-state index in [0.29, 0.717) is 6.54 Å². The van der Waals surface area contributed by atoms with Gasteiger partial charge in [0.2, 0.25) is 0 Å². The summed E-state index contributed by atoms with van der Waals surface area (Å²) in [7, 11) is 0. The van der Waals surface area contributed by atoms with Gasteiger partial charge in [0.15, 0.2) is 0 Å². The molecule has 1 atom stereocenters. The van der Waals surface area contributed by atoms with Crippen molar-refractivity contribution >= 4 is 17.5 Å². The number of benzene rings is 1. The van der Waals surface area contributed by atoms with Crippen molar-refractivity contribution in [3.63, 3.8) is 0 Å². The topological polar surface area (TPSA) is 58.8 Å². The van der Waals surface area contributed by atoms with Crippen molar-refractivity contribution in [2.75, 3.05) is 30.3 Å². The second-order valence-corrected chi connectivity index (χ2v) is 6.98. The minimum atomic E-state index is -0.463. The van der Waals surface area contributed by atoms with E-state index in [-0.39, 0.29) is 12.1 Å². The molecular formula is C17H27N3O2. The lowest BCUT2D eigenvalue weighted by atomic mass is 10.1.